The molecular formula is C17H15FN6O3. The molecule has 0 atom stereocenters. The van der Waals surface area contributed by atoms with Gasteiger partial charge in [-0.1, -0.05) is 0 Å². The Balaban J connectivity index is 1.67. The maximum Gasteiger partial charge on any atom is 0.324 e. The molecule has 138 valence electrons. The lowest BCUT2D eigenvalue weighted by Crippen LogP contribution is -2.20. The Kier molecular flexibility index (Phi) is 5.26. The van der Waals surface area contributed by atoms with Crippen LogP contribution in [0.4, 0.5) is 20.7 Å². The van der Waals surface area contributed by atoms with Crippen LogP contribution in [0.2, 0.25) is 0 Å². The van der Waals surface area contributed by atoms with Crippen LogP contribution in [0.25, 0.3) is 0 Å². The van der Waals surface area contributed by atoms with Crippen molar-refractivity contribution in [2.24, 2.45) is 0 Å². The lowest BCUT2D eigenvalue weighted by molar-refractivity contribution is 0.0958. The van der Waals surface area contributed by atoms with Gasteiger partial charge in [-0.05, 0) is 18.2 Å². The number of aromatic nitrogens is 3. The summed E-state index contributed by atoms with van der Waals surface area (Å²) in [7, 11) is 1.49. The monoisotopic (exact) mass is 370 g/mol. The molecule has 0 unspecified atom stereocenters. The molecule has 2 aromatic heterocycles. The molecule has 27 heavy (non-hydrogen) atoms. The van der Waals surface area contributed by atoms with Gasteiger partial charge in [-0.3, -0.25) is 20.2 Å². The highest BCUT2D eigenvalue weighted by atomic mass is 19.1. The number of H-pyrrole nitrogens is 1. The molecule has 3 aromatic rings. The molecular weight excluding hydrogens is 355 g/mol. The van der Waals surface area contributed by atoms with Gasteiger partial charge in [-0.2, -0.15) is 5.10 Å². The zero-order valence-electron chi connectivity index (χ0n) is 14.1. The first-order chi connectivity index (χ1) is 13.0. The summed E-state index contributed by atoms with van der Waals surface area (Å²) in [6.07, 6.45) is 2.88. The first kappa shape index (κ1) is 17.9. The number of hydrogen-bond acceptors (Lipinski definition) is 5. The van der Waals surface area contributed by atoms with Crippen LogP contribution in [-0.4, -0.2) is 34.2 Å². The van der Waals surface area contributed by atoms with Gasteiger partial charge < -0.3 is 15.4 Å². The Labute approximate surface area is 153 Å². The predicted molar refractivity (Wildman–Crippen MR) is 95.3 cm³/mol. The van der Waals surface area contributed by atoms with Gasteiger partial charge in [0, 0.05) is 31.4 Å². The number of ether oxygens (including phenoxy) is 1. The van der Waals surface area contributed by atoms with Crippen molar-refractivity contribution in [3.8, 4) is 11.5 Å². The minimum atomic E-state index is -0.687. The maximum atomic E-state index is 14.2. The van der Waals surface area contributed by atoms with Gasteiger partial charge in [0.1, 0.15) is 28.8 Å². The number of carbonyl (C=O) groups excluding carboxylic acids is 2. The van der Waals surface area contributed by atoms with Crippen LogP contribution in [0.1, 0.15) is 10.5 Å². The number of halogens is 1. The molecule has 0 fully saturated rings. The second kappa shape index (κ2) is 7.95. The van der Waals surface area contributed by atoms with Crippen LogP contribution in [0.15, 0.2) is 48.8 Å². The molecule has 1 aromatic carbocycles. The van der Waals surface area contributed by atoms with Crippen molar-refractivity contribution in [1.82, 2.24) is 20.5 Å². The molecule has 0 saturated heterocycles. The van der Waals surface area contributed by atoms with Crippen LogP contribution in [-0.2, 0) is 0 Å². The van der Waals surface area contributed by atoms with Gasteiger partial charge in [0.25, 0.3) is 5.91 Å². The van der Waals surface area contributed by atoms with E-state index < -0.39 is 11.8 Å². The van der Waals surface area contributed by atoms with E-state index in [1.807, 2.05) is 0 Å². The Morgan fingerprint density at radius 3 is 2.59 bits per heavy atom. The number of hydrogen-bond donors (Lipinski definition) is 4. The Morgan fingerprint density at radius 1 is 1.07 bits per heavy atom. The second-order valence-electron chi connectivity index (χ2n) is 5.25. The van der Waals surface area contributed by atoms with Gasteiger partial charge in [0.05, 0.1) is 11.9 Å². The van der Waals surface area contributed by atoms with E-state index in [0.29, 0.717) is 11.6 Å². The molecule has 3 amide bonds. The first-order valence-electron chi connectivity index (χ1n) is 7.78. The molecule has 0 radical (unpaired) electrons. The quantitative estimate of drug-likeness (QED) is 0.550. The molecule has 2 heterocycles. The predicted octanol–water partition coefficient (Wildman–Crippen LogP) is 2.74. The summed E-state index contributed by atoms with van der Waals surface area (Å²) in [6.45, 7) is 0. The molecule has 4 N–H and O–H groups in total. The van der Waals surface area contributed by atoms with Crippen LogP contribution in [0.3, 0.4) is 0 Å². The van der Waals surface area contributed by atoms with Crippen molar-refractivity contribution < 1.29 is 18.7 Å². The summed E-state index contributed by atoms with van der Waals surface area (Å²) >= 11 is 0. The van der Waals surface area contributed by atoms with Crippen molar-refractivity contribution >= 4 is 23.4 Å². The molecule has 0 saturated carbocycles. The lowest BCUT2D eigenvalue weighted by Gasteiger charge is -2.10. The summed E-state index contributed by atoms with van der Waals surface area (Å²) in [5, 5.41) is 13.5. The van der Waals surface area contributed by atoms with E-state index in [4.69, 9.17) is 4.74 Å². The summed E-state index contributed by atoms with van der Waals surface area (Å²) in [5.74, 6) is -0.165. The normalized spacial score (nSPS) is 10.1. The Bertz CT molecular complexity index is 961. The van der Waals surface area contributed by atoms with Crippen molar-refractivity contribution in [3.05, 3.63) is 60.3 Å². The molecule has 0 aliphatic carbocycles. The van der Waals surface area contributed by atoms with E-state index in [0.717, 1.165) is 6.07 Å². The summed E-state index contributed by atoms with van der Waals surface area (Å²) in [6, 6.07) is 7.85. The van der Waals surface area contributed by atoms with E-state index >= 15 is 0 Å². The summed E-state index contributed by atoms with van der Waals surface area (Å²) in [4.78, 5) is 27.3. The first-order valence-corrected chi connectivity index (χ1v) is 7.78. The zero-order chi connectivity index (χ0) is 19.2. The van der Waals surface area contributed by atoms with E-state index in [9.17, 15) is 14.0 Å². The van der Waals surface area contributed by atoms with Gasteiger partial charge >= 0.3 is 6.03 Å². The number of anilines is 2. The van der Waals surface area contributed by atoms with Crippen molar-refractivity contribution in [1.29, 1.82) is 0 Å². The molecule has 0 spiro atoms. The highest BCUT2D eigenvalue weighted by Crippen LogP contribution is 2.26. The third-order valence-electron chi connectivity index (χ3n) is 3.36. The van der Waals surface area contributed by atoms with Crippen LogP contribution in [0.5, 0.6) is 11.5 Å². The average Bonchev–Trinajstić information content (AvgIpc) is 3.16. The molecule has 0 bridgehead atoms. The Morgan fingerprint density at radius 2 is 1.89 bits per heavy atom. The molecule has 3 rings (SSSR count). The van der Waals surface area contributed by atoms with Gasteiger partial charge in [0.2, 0.25) is 0 Å². The number of urea groups is 1. The SMILES string of the molecule is CNC(=O)c1cc(Oc2ccc(NC(=O)Nc3ccn[nH]3)c(F)c2)ccn1. The topological polar surface area (TPSA) is 121 Å². The second-order valence-corrected chi connectivity index (χ2v) is 5.25. The number of nitrogens with zero attached hydrogens (tertiary/aromatic N) is 2. The number of nitrogens with one attached hydrogen (secondary N) is 4. The molecule has 0 aliphatic heterocycles. The number of rotatable bonds is 5. The van der Waals surface area contributed by atoms with Crippen LogP contribution >= 0.6 is 0 Å². The van der Waals surface area contributed by atoms with Crippen LogP contribution in [0, 0.1) is 5.82 Å². The molecule has 9 nitrogen and oxygen atoms in total. The number of benzene rings is 1. The lowest BCUT2D eigenvalue weighted by atomic mass is 10.2. The minimum Gasteiger partial charge on any atom is -0.457 e. The standard InChI is InChI=1S/C17H15FN6O3/c1-19-16(25)14-9-11(4-6-20-14)27-10-2-3-13(12(18)8-10)22-17(26)23-15-5-7-21-24-15/h2-9H,1H3,(H,19,25)(H3,21,22,23,24,26). The Hall–Kier alpha value is -3.95. The third-order valence-corrected chi connectivity index (χ3v) is 3.36. The molecule has 10 heteroatoms. The third kappa shape index (κ3) is 4.57. The molecule has 0 aliphatic rings. The summed E-state index contributed by atoms with van der Waals surface area (Å²) in [5.41, 5.74) is 0.143. The van der Waals surface area contributed by atoms with Gasteiger partial charge in [-0.25, -0.2) is 9.18 Å². The van der Waals surface area contributed by atoms with E-state index in [1.54, 1.807) is 6.07 Å². The fraction of sp³-hybridized carbons (Fsp3) is 0.0588. The van der Waals surface area contributed by atoms with E-state index in [-0.39, 0.29) is 23.0 Å². The number of carbonyl (C=O) groups is 2. The van der Waals surface area contributed by atoms with Gasteiger partial charge in [0.15, 0.2) is 0 Å². The van der Waals surface area contributed by atoms with E-state index in [2.05, 4.69) is 31.1 Å². The minimum absolute atomic E-state index is 0.0276. The fourth-order valence-electron chi connectivity index (χ4n) is 2.13. The highest BCUT2D eigenvalue weighted by molar-refractivity contribution is 5.99. The van der Waals surface area contributed by atoms with Crippen LogP contribution < -0.4 is 20.7 Å². The van der Waals surface area contributed by atoms with Crippen molar-refractivity contribution in [3.63, 3.8) is 0 Å². The smallest absolute Gasteiger partial charge is 0.324 e. The summed E-state index contributed by atoms with van der Waals surface area (Å²) < 4.78 is 19.8. The van der Waals surface area contributed by atoms with Gasteiger partial charge in [-0.15, -0.1) is 0 Å². The van der Waals surface area contributed by atoms with Crippen molar-refractivity contribution in [2.75, 3.05) is 17.7 Å². The highest BCUT2D eigenvalue weighted by Gasteiger charge is 2.11. The maximum absolute atomic E-state index is 14.2. The number of amides is 3. The zero-order valence-corrected chi connectivity index (χ0v) is 14.1. The fourth-order valence-corrected chi connectivity index (χ4v) is 2.13. The number of pyridine rings is 1. The van der Waals surface area contributed by atoms with Crippen molar-refractivity contribution in [2.45, 2.75) is 0 Å². The number of aromatic amines is 1. The largest absolute Gasteiger partial charge is 0.457 e. The van der Waals surface area contributed by atoms with E-state index in [1.165, 1.54) is 43.7 Å². The average molecular weight is 370 g/mol.